The van der Waals surface area contributed by atoms with E-state index < -0.39 is 6.17 Å². The summed E-state index contributed by atoms with van der Waals surface area (Å²) in [5.41, 5.74) is 7.05. The van der Waals surface area contributed by atoms with Crippen LogP contribution in [0.15, 0.2) is 24.3 Å². The summed E-state index contributed by atoms with van der Waals surface area (Å²) >= 11 is 0. The van der Waals surface area contributed by atoms with Crippen LogP contribution in [0.2, 0.25) is 0 Å². The molecule has 2 saturated heterocycles. The summed E-state index contributed by atoms with van der Waals surface area (Å²) in [6.07, 6.45) is 5.01. The second-order valence-corrected chi connectivity index (χ2v) is 9.33. The molecule has 0 bridgehead atoms. The second-order valence-electron chi connectivity index (χ2n) is 9.33. The Morgan fingerprint density at radius 1 is 1.03 bits per heavy atom. The molecule has 31 heavy (non-hydrogen) atoms. The topological polar surface area (TPSA) is 58.8 Å². The molecule has 2 atom stereocenters. The van der Waals surface area contributed by atoms with Crippen molar-refractivity contribution in [1.82, 2.24) is 4.90 Å². The monoisotopic (exact) mass is 435 g/mol. The van der Waals surface area contributed by atoms with E-state index in [1.54, 1.807) is 6.07 Å². The van der Waals surface area contributed by atoms with Crippen molar-refractivity contribution in [3.8, 4) is 0 Å². The lowest BCUT2D eigenvalue weighted by Crippen LogP contribution is -2.58. The number of halogens is 2. The Labute approximate surface area is 183 Å². The van der Waals surface area contributed by atoms with Crippen LogP contribution in [0.4, 0.5) is 14.5 Å². The van der Waals surface area contributed by atoms with Crippen LogP contribution < -0.4 is 10.6 Å². The number of nitrogens with zero attached hydrogens (tertiary/aromatic N) is 2. The molecule has 0 radical (unpaired) electrons. The normalized spacial score (nSPS) is 30.4. The summed E-state index contributed by atoms with van der Waals surface area (Å²) in [6.45, 7) is 2.65. The Hall–Kier alpha value is -1.73. The Balaban J connectivity index is 1.30. The number of anilines is 1. The number of ether oxygens (including phenoxy) is 1. The van der Waals surface area contributed by atoms with Crippen molar-refractivity contribution < 1.29 is 18.3 Å². The van der Waals surface area contributed by atoms with Gasteiger partial charge in [-0.05, 0) is 63.5 Å². The fraction of sp³-hybridized carbons (Fsp3) is 0.708. The number of carbonyl (C=O) groups is 1. The van der Waals surface area contributed by atoms with Crippen molar-refractivity contribution in [2.45, 2.75) is 75.7 Å². The number of para-hydroxylation sites is 1. The lowest BCUT2D eigenvalue weighted by molar-refractivity contribution is -0.144. The minimum Gasteiger partial charge on any atom is -0.376 e. The van der Waals surface area contributed by atoms with Gasteiger partial charge in [-0.25, -0.2) is 8.78 Å². The summed E-state index contributed by atoms with van der Waals surface area (Å²) < 4.78 is 33.8. The first-order valence-electron chi connectivity index (χ1n) is 11.8. The third kappa shape index (κ3) is 5.37. The van der Waals surface area contributed by atoms with Gasteiger partial charge in [-0.2, -0.15) is 0 Å². The average Bonchev–Trinajstić information content (AvgIpc) is 2.79. The van der Waals surface area contributed by atoms with Crippen LogP contribution in [-0.4, -0.2) is 61.4 Å². The van der Waals surface area contributed by atoms with E-state index in [9.17, 15) is 13.6 Å². The second kappa shape index (κ2) is 10.3. The van der Waals surface area contributed by atoms with Gasteiger partial charge in [-0.1, -0.05) is 12.1 Å². The van der Waals surface area contributed by atoms with Crippen LogP contribution in [0.1, 0.15) is 51.4 Å². The van der Waals surface area contributed by atoms with Gasteiger partial charge in [0, 0.05) is 31.6 Å². The molecule has 1 aliphatic carbocycles. The van der Waals surface area contributed by atoms with Crippen LogP contribution >= 0.6 is 0 Å². The van der Waals surface area contributed by atoms with Crippen molar-refractivity contribution >= 4 is 11.6 Å². The van der Waals surface area contributed by atoms with Crippen molar-refractivity contribution in [2.75, 3.05) is 31.1 Å². The molecule has 3 aliphatic rings. The molecule has 1 aromatic carbocycles. The number of likely N-dealkylation sites (tertiary alicyclic amines) is 1. The van der Waals surface area contributed by atoms with Crippen LogP contribution in [0.5, 0.6) is 0 Å². The number of rotatable bonds is 5. The first kappa shape index (κ1) is 22.5. The predicted molar refractivity (Wildman–Crippen MR) is 117 cm³/mol. The van der Waals surface area contributed by atoms with Gasteiger partial charge in [0.15, 0.2) is 0 Å². The Kier molecular flexibility index (Phi) is 7.43. The van der Waals surface area contributed by atoms with Crippen molar-refractivity contribution in [3.63, 3.8) is 0 Å². The first-order valence-corrected chi connectivity index (χ1v) is 11.8. The zero-order valence-corrected chi connectivity index (χ0v) is 18.2. The molecular formula is C24H35F2N3O2. The lowest BCUT2D eigenvalue weighted by Gasteiger charge is -2.43. The van der Waals surface area contributed by atoms with Gasteiger partial charge < -0.3 is 20.3 Å². The standard InChI is InChI=1S/C24H35F2N3O2/c25-18-9-7-17(8-10-18)24(30)29-13-3-5-21(27)23(29)16-31-19-11-14-28(15-12-19)22-6-2-1-4-20(22)26/h1-2,4,6,17-19,21,23H,3,5,7-16,27H2/t17?,18?,21?,23-/m0/s1. The zero-order valence-electron chi connectivity index (χ0n) is 18.2. The fourth-order valence-corrected chi connectivity index (χ4v) is 5.31. The van der Waals surface area contributed by atoms with Crippen molar-refractivity contribution in [3.05, 3.63) is 30.1 Å². The number of benzene rings is 1. The molecule has 0 spiro atoms. The van der Waals surface area contributed by atoms with E-state index in [1.807, 2.05) is 17.0 Å². The highest BCUT2D eigenvalue weighted by Gasteiger charge is 2.37. The van der Waals surface area contributed by atoms with E-state index in [4.69, 9.17) is 10.5 Å². The SMILES string of the molecule is NC1CCCN(C(=O)C2CCC(F)CC2)[C@H]1COC1CCN(c2ccccc2F)CC1. The molecule has 1 amide bonds. The number of hydrogen-bond acceptors (Lipinski definition) is 4. The molecule has 1 unspecified atom stereocenters. The molecule has 7 heteroatoms. The van der Waals surface area contributed by atoms with Gasteiger partial charge in [0.1, 0.15) is 12.0 Å². The third-order valence-electron chi connectivity index (χ3n) is 7.26. The fourth-order valence-electron chi connectivity index (χ4n) is 5.31. The van der Waals surface area contributed by atoms with Gasteiger partial charge in [0.05, 0.1) is 24.4 Å². The highest BCUT2D eigenvalue weighted by atomic mass is 19.1. The van der Waals surface area contributed by atoms with E-state index in [1.165, 1.54) is 6.07 Å². The molecule has 2 aliphatic heterocycles. The molecular weight excluding hydrogens is 400 g/mol. The molecule has 4 rings (SSSR count). The van der Waals surface area contributed by atoms with Crippen LogP contribution in [-0.2, 0) is 9.53 Å². The molecule has 5 nitrogen and oxygen atoms in total. The van der Waals surface area contributed by atoms with Gasteiger partial charge in [0.2, 0.25) is 5.91 Å². The highest BCUT2D eigenvalue weighted by molar-refractivity contribution is 5.79. The van der Waals surface area contributed by atoms with E-state index in [0.29, 0.717) is 44.5 Å². The predicted octanol–water partition coefficient (Wildman–Crippen LogP) is 3.66. The van der Waals surface area contributed by atoms with Gasteiger partial charge >= 0.3 is 0 Å². The van der Waals surface area contributed by atoms with E-state index in [2.05, 4.69) is 4.90 Å². The lowest BCUT2D eigenvalue weighted by atomic mass is 9.85. The summed E-state index contributed by atoms with van der Waals surface area (Å²) in [5, 5.41) is 0. The quantitative estimate of drug-likeness (QED) is 0.767. The number of alkyl halides is 1. The minimum atomic E-state index is -0.762. The maximum atomic E-state index is 14.1. The Morgan fingerprint density at radius 3 is 2.45 bits per heavy atom. The number of amides is 1. The molecule has 2 heterocycles. The first-order chi connectivity index (χ1) is 15.0. The molecule has 172 valence electrons. The number of carbonyl (C=O) groups excluding carboxylic acids is 1. The van der Waals surface area contributed by atoms with Crippen LogP contribution in [0.3, 0.4) is 0 Å². The highest BCUT2D eigenvalue weighted by Crippen LogP contribution is 2.30. The largest absolute Gasteiger partial charge is 0.376 e. The summed E-state index contributed by atoms with van der Waals surface area (Å²) in [5.74, 6) is -0.139. The summed E-state index contributed by atoms with van der Waals surface area (Å²) in [6, 6.07) is 6.67. The van der Waals surface area contributed by atoms with Crippen LogP contribution in [0.25, 0.3) is 0 Å². The van der Waals surface area contributed by atoms with E-state index >= 15 is 0 Å². The third-order valence-corrected chi connectivity index (χ3v) is 7.26. The smallest absolute Gasteiger partial charge is 0.226 e. The molecule has 0 aromatic heterocycles. The Morgan fingerprint density at radius 2 is 1.74 bits per heavy atom. The van der Waals surface area contributed by atoms with E-state index in [-0.39, 0.29) is 35.8 Å². The average molecular weight is 436 g/mol. The maximum absolute atomic E-state index is 14.1. The molecule has 3 fully saturated rings. The summed E-state index contributed by atoms with van der Waals surface area (Å²) in [7, 11) is 0. The van der Waals surface area contributed by atoms with Gasteiger partial charge in [-0.15, -0.1) is 0 Å². The number of piperidine rings is 2. The Bertz CT molecular complexity index is 733. The van der Waals surface area contributed by atoms with Crippen molar-refractivity contribution in [2.24, 2.45) is 11.7 Å². The van der Waals surface area contributed by atoms with Gasteiger partial charge in [-0.3, -0.25) is 4.79 Å². The van der Waals surface area contributed by atoms with Gasteiger partial charge in [0.25, 0.3) is 0 Å². The number of nitrogens with two attached hydrogens (primary N) is 1. The molecule has 2 N–H and O–H groups in total. The number of hydrogen-bond donors (Lipinski definition) is 1. The zero-order chi connectivity index (χ0) is 21.8. The van der Waals surface area contributed by atoms with Crippen molar-refractivity contribution in [1.29, 1.82) is 0 Å². The van der Waals surface area contributed by atoms with Crippen LogP contribution in [0, 0.1) is 11.7 Å². The molecule has 1 aromatic rings. The molecule has 1 saturated carbocycles. The van der Waals surface area contributed by atoms with E-state index in [0.717, 1.165) is 38.8 Å². The summed E-state index contributed by atoms with van der Waals surface area (Å²) in [4.78, 5) is 17.1. The maximum Gasteiger partial charge on any atom is 0.226 e. The minimum absolute atomic E-state index is 0.0798.